The van der Waals surface area contributed by atoms with Gasteiger partial charge in [-0.2, -0.15) is 4.57 Å². The lowest BCUT2D eigenvalue weighted by Gasteiger charge is -2.22. The van der Waals surface area contributed by atoms with Crippen LogP contribution in [0.1, 0.15) is 35.9 Å². The monoisotopic (exact) mass is 460 g/mol. The van der Waals surface area contributed by atoms with Crippen LogP contribution in [0.3, 0.4) is 0 Å². The lowest BCUT2D eigenvalue weighted by atomic mass is 9.95. The molecule has 0 fully saturated rings. The summed E-state index contributed by atoms with van der Waals surface area (Å²) < 4.78 is 10.3. The Kier molecular flexibility index (Phi) is 5.48. The third-order valence-corrected chi connectivity index (χ3v) is 7.68. The average molecular weight is 461 g/mol. The van der Waals surface area contributed by atoms with E-state index >= 15 is 0 Å². The second-order valence-electron chi connectivity index (χ2n) is 8.57. The van der Waals surface area contributed by atoms with E-state index in [1.807, 2.05) is 17.4 Å². The quantitative estimate of drug-likeness (QED) is 0.277. The van der Waals surface area contributed by atoms with Gasteiger partial charge in [0.1, 0.15) is 22.8 Å². The predicted molar refractivity (Wildman–Crippen MR) is 142 cm³/mol. The Morgan fingerprint density at radius 3 is 2.29 bits per heavy atom. The van der Waals surface area contributed by atoms with E-state index in [9.17, 15) is 0 Å². The molecule has 2 aliphatic rings. The number of aryl methyl sites for hydroxylation is 1. The van der Waals surface area contributed by atoms with E-state index in [1.54, 1.807) is 0 Å². The Balaban J connectivity index is 1.45. The van der Waals surface area contributed by atoms with Gasteiger partial charge in [0.05, 0.1) is 0 Å². The van der Waals surface area contributed by atoms with Crippen LogP contribution in [0.25, 0.3) is 27.6 Å². The van der Waals surface area contributed by atoms with Crippen molar-refractivity contribution in [1.29, 1.82) is 0 Å². The molecule has 3 aromatic carbocycles. The highest BCUT2D eigenvalue weighted by molar-refractivity contribution is 7.18. The zero-order valence-electron chi connectivity index (χ0n) is 19.2. The molecule has 0 spiro atoms. The van der Waals surface area contributed by atoms with Gasteiger partial charge in [-0.05, 0) is 54.7 Å². The first-order valence-electron chi connectivity index (χ1n) is 11.9. The molecule has 1 aromatic heterocycles. The minimum Gasteiger partial charge on any atom is -0.456 e. The summed E-state index contributed by atoms with van der Waals surface area (Å²) in [5, 5.41) is 1.27. The number of fused-ring (bicyclic) bond motifs is 2. The zero-order valence-corrected chi connectivity index (χ0v) is 20.0. The van der Waals surface area contributed by atoms with Crippen molar-refractivity contribution in [3.05, 3.63) is 130 Å². The molecule has 0 saturated carbocycles. The van der Waals surface area contributed by atoms with E-state index in [4.69, 9.17) is 4.74 Å². The first-order chi connectivity index (χ1) is 16.8. The van der Waals surface area contributed by atoms with Crippen LogP contribution in [0.5, 0.6) is 0 Å². The first kappa shape index (κ1) is 20.9. The summed E-state index contributed by atoms with van der Waals surface area (Å²) in [7, 11) is 0. The number of aromatic nitrogens is 1. The number of hydrogen-bond donors (Lipinski definition) is 0. The standard InChI is InChI=1S/C31H26NOS/c1-2-32-27-15-9-10-16-29(27)34-30(32)20-18-24-17-19-25-26(22-11-5-3-6-12-22)21-28(33-31(24)25)23-13-7-4-8-14-23/h3-16,18,20-21H,2,17,19H2,1H3/q+1/b20-18+. The second kappa shape index (κ2) is 8.92. The molecule has 0 atom stereocenters. The summed E-state index contributed by atoms with van der Waals surface area (Å²) >= 11 is 1.85. The van der Waals surface area contributed by atoms with Crippen molar-refractivity contribution in [2.45, 2.75) is 26.3 Å². The molecule has 34 heavy (non-hydrogen) atoms. The molecule has 1 aliphatic carbocycles. The van der Waals surface area contributed by atoms with Crippen molar-refractivity contribution >= 4 is 39.0 Å². The van der Waals surface area contributed by atoms with Crippen molar-refractivity contribution in [2.24, 2.45) is 0 Å². The highest BCUT2D eigenvalue weighted by Gasteiger charge is 2.29. The molecular weight excluding hydrogens is 434 g/mol. The number of thiazole rings is 1. The Morgan fingerprint density at radius 1 is 0.824 bits per heavy atom. The molecule has 1 aliphatic heterocycles. The Labute approximate surface area is 204 Å². The number of rotatable bonds is 5. The number of benzene rings is 3. The second-order valence-corrected chi connectivity index (χ2v) is 9.64. The molecule has 4 aromatic rings. The van der Waals surface area contributed by atoms with Gasteiger partial charge in [0.2, 0.25) is 5.52 Å². The molecule has 3 heteroatoms. The zero-order chi connectivity index (χ0) is 22.9. The summed E-state index contributed by atoms with van der Waals surface area (Å²) in [4.78, 5) is 0. The molecule has 0 N–H and O–H groups in total. The molecule has 0 saturated heterocycles. The molecule has 6 rings (SSSR count). The van der Waals surface area contributed by atoms with E-state index in [-0.39, 0.29) is 0 Å². The SMILES string of the molecule is CC[n+]1c(/C=C/C2=C3OC(c4ccccc4)=CC(c4ccccc4)=C3CC2)sc2ccccc21. The summed E-state index contributed by atoms with van der Waals surface area (Å²) in [6, 6.07) is 29.7. The maximum atomic E-state index is 6.59. The fourth-order valence-corrected chi connectivity index (χ4v) is 6.00. The number of allylic oxidation sites excluding steroid dienone is 5. The van der Waals surface area contributed by atoms with Gasteiger partial charge in [-0.3, -0.25) is 0 Å². The largest absolute Gasteiger partial charge is 0.456 e. The third-order valence-electron chi connectivity index (χ3n) is 6.55. The van der Waals surface area contributed by atoms with E-state index in [0.717, 1.165) is 36.5 Å². The van der Waals surface area contributed by atoms with E-state index in [2.05, 4.69) is 109 Å². The van der Waals surface area contributed by atoms with Crippen molar-refractivity contribution in [2.75, 3.05) is 0 Å². The van der Waals surface area contributed by atoms with Gasteiger partial charge in [0.15, 0.2) is 0 Å². The van der Waals surface area contributed by atoms with Crippen LogP contribution in [-0.2, 0) is 11.3 Å². The lowest BCUT2D eigenvalue weighted by molar-refractivity contribution is -0.665. The van der Waals surface area contributed by atoms with Gasteiger partial charge in [0, 0.05) is 23.3 Å². The van der Waals surface area contributed by atoms with Crippen LogP contribution in [0.4, 0.5) is 0 Å². The fraction of sp³-hybridized carbons (Fsp3) is 0.129. The van der Waals surface area contributed by atoms with Crippen molar-refractivity contribution in [3.63, 3.8) is 0 Å². The Bertz CT molecular complexity index is 1490. The predicted octanol–water partition coefficient (Wildman–Crippen LogP) is 7.79. The topological polar surface area (TPSA) is 13.1 Å². The van der Waals surface area contributed by atoms with Gasteiger partial charge in [0.25, 0.3) is 5.01 Å². The summed E-state index contributed by atoms with van der Waals surface area (Å²) in [5.41, 5.74) is 7.50. The van der Waals surface area contributed by atoms with Crippen molar-refractivity contribution in [1.82, 2.24) is 0 Å². The highest BCUT2D eigenvalue weighted by atomic mass is 32.1. The minimum absolute atomic E-state index is 0.913. The van der Waals surface area contributed by atoms with Crippen LogP contribution < -0.4 is 4.57 Å². The maximum Gasteiger partial charge on any atom is 0.262 e. The van der Waals surface area contributed by atoms with Crippen LogP contribution >= 0.6 is 11.3 Å². The normalized spacial score (nSPS) is 15.7. The number of hydrogen-bond acceptors (Lipinski definition) is 2. The van der Waals surface area contributed by atoms with Crippen molar-refractivity contribution < 1.29 is 9.30 Å². The van der Waals surface area contributed by atoms with Crippen molar-refractivity contribution in [3.8, 4) is 0 Å². The lowest BCUT2D eigenvalue weighted by Crippen LogP contribution is -2.33. The van der Waals surface area contributed by atoms with E-state index in [1.165, 1.54) is 37.5 Å². The molecule has 0 radical (unpaired) electrons. The number of ether oxygens (including phenoxy) is 1. The average Bonchev–Trinajstić information content (AvgIpc) is 3.48. The number of nitrogens with zero attached hydrogens (tertiary/aromatic N) is 1. The van der Waals surface area contributed by atoms with Gasteiger partial charge >= 0.3 is 0 Å². The number of para-hydroxylation sites is 1. The summed E-state index contributed by atoms with van der Waals surface area (Å²) in [5.74, 6) is 1.94. The van der Waals surface area contributed by atoms with E-state index < -0.39 is 0 Å². The van der Waals surface area contributed by atoms with Gasteiger partial charge in [-0.1, -0.05) is 84.1 Å². The van der Waals surface area contributed by atoms with Gasteiger partial charge < -0.3 is 4.74 Å². The summed E-state index contributed by atoms with van der Waals surface area (Å²) in [6.45, 7) is 3.17. The molecule has 2 nitrogen and oxygen atoms in total. The fourth-order valence-electron chi connectivity index (χ4n) is 4.88. The van der Waals surface area contributed by atoms with E-state index in [0.29, 0.717) is 0 Å². The molecule has 2 heterocycles. The Hall–Kier alpha value is -3.69. The van der Waals surface area contributed by atoms with Gasteiger partial charge in [-0.15, -0.1) is 0 Å². The summed E-state index contributed by atoms with van der Waals surface area (Å²) in [6.07, 6.45) is 8.75. The molecular formula is C31H26NOS+. The van der Waals surface area contributed by atoms with Crippen LogP contribution in [0.2, 0.25) is 0 Å². The maximum absolute atomic E-state index is 6.59. The molecule has 0 unspecified atom stereocenters. The minimum atomic E-state index is 0.913. The Morgan fingerprint density at radius 2 is 1.53 bits per heavy atom. The van der Waals surface area contributed by atoms with Crippen LogP contribution in [0, 0.1) is 0 Å². The molecule has 0 bridgehead atoms. The van der Waals surface area contributed by atoms with Crippen LogP contribution in [0.15, 0.2) is 114 Å². The van der Waals surface area contributed by atoms with Gasteiger partial charge in [-0.25, -0.2) is 0 Å². The smallest absolute Gasteiger partial charge is 0.262 e. The highest BCUT2D eigenvalue weighted by Crippen LogP contribution is 2.45. The first-order valence-corrected chi connectivity index (χ1v) is 12.7. The molecule has 0 amide bonds. The van der Waals surface area contributed by atoms with Crippen LogP contribution in [-0.4, -0.2) is 0 Å². The third kappa shape index (κ3) is 3.72. The molecule has 166 valence electrons.